The van der Waals surface area contributed by atoms with Gasteiger partial charge in [-0.2, -0.15) is 0 Å². The first-order valence-corrected chi connectivity index (χ1v) is 6.43. The molecule has 1 spiro atoms. The van der Waals surface area contributed by atoms with Crippen molar-refractivity contribution in [2.45, 2.75) is 30.9 Å². The standard InChI is InChI=1S/C14H19NO3/c1-16-10-2-3-13-11(8-10)12(15)9-14(18-13)4-6-17-7-5-14/h2-3,8,12H,4-7,9,15H2,1H3. The largest absolute Gasteiger partial charge is 0.497 e. The number of hydrogen-bond acceptors (Lipinski definition) is 4. The van der Waals surface area contributed by atoms with E-state index in [9.17, 15) is 0 Å². The van der Waals surface area contributed by atoms with Gasteiger partial charge in [-0.25, -0.2) is 0 Å². The van der Waals surface area contributed by atoms with Crippen LogP contribution < -0.4 is 15.2 Å². The van der Waals surface area contributed by atoms with Gasteiger partial charge < -0.3 is 19.9 Å². The number of benzene rings is 1. The molecule has 1 aromatic rings. The molecule has 0 bridgehead atoms. The molecule has 2 heterocycles. The van der Waals surface area contributed by atoms with E-state index >= 15 is 0 Å². The van der Waals surface area contributed by atoms with E-state index in [4.69, 9.17) is 19.9 Å². The van der Waals surface area contributed by atoms with Crippen molar-refractivity contribution in [1.29, 1.82) is 0 Å². The van der Waals surface area contributed by atoms with E-state index in [0.717, 1.165) is 49.5 Å². The van der Waals surface area contributed by atoms with Crippen molar-refractivity contribution in [2.24, 2.45) is 5.73 Å². The Kier molecular flexibility index (Phi) is 2.92. The normalized spacial score (nSPS) is 25.3. The fourth-order valence-electron chi connectivity index (χ4n) is 2.87. The average molecular weight is 249 g/mol. The molecular weight excluding hydrogens is 230 g/mol. The zero-order valence-corrected chi connectivity index (χ0v) is 10.6. The van der Waals surface area contributed by atoms with Crippen molar-refractivity contribution in [3.8, 4) is 11.5 Å². The zero-order chi connectivity index (χ0) is 12.6. The minimum absolute atomic E-state index is 0.0157. The summed E-state index contributed by atoms with van der Waals surface area (Å²) in [5.74, 6) is 1.73. The number of fused-ring (bicyclic) bond motifs is 1. The third-order valence-corrected chi connectivity index (χ3v) is 3.94. The molecule has 1 atom stereocenters. The molecule has 3 rings (SSSR count). The minimum Gasteiger partial charge on any atom is -0.497 e. The Labute approximate surface area is 107 Å². The summed E-state index contributed by atoms with van der Waals surface area (Å²) in [6.07, 6.45) is 2.70. The molecule has 1 unspecified atom stereocenters. The van der Waals surface area contributed by atoms with Gasteiger partial charge in [-0.05, 0) is 18.2 Å². The summed E-state index contributed by atoms with van der Waals surface area (Å²) in [4.78, 5) is 0. The van der Waals surface area contributed by atoms with Crippen molar-refractivity contribution in [2.75, 3.05) is 20.3 Å². The van der Waals surface area contributed by atoms with Crippen molar-refractivity contribution in [3.05, 3.63) is 23.8 Å². The van der Waals surface area contributed by atoms with E-state index < -0.39 is 0 Å². The molecule has 4 heteroatoms. The molecule has 2 aliphatic heterocycles. The molecule has 4 nitrogen and oxygen atoms in total. The van der Waals surface area contributed by atoms with Gasteiger partial charge in [0.1, 0.15) is 17.1 Å². The van der Waals surface area contributed by atoms with Crippen LogP contribution in [0.25, 0.3) is 0 Å². The predicted octanol–water partition coefficient (Wildman–Crippen LogP) is 2.03. The lowest BCUT2D eigenvalue weighted by Gasteiger charge is -2.43. The summed E-state index contributed by atoms with van der Waals surface area (Å²) >= 11 is 0. The van der Waals surface area contributed by atoms with Gasteiger partial charge in [0, 0.05) is 30.9 Å². The smallest absolute Gasteiger partial charge is 0.125 e. The van der Waals surface area contributed by atoms with Crippen molar-refractivity contribution in [3.63, 3.8) is 0 Å². The second-order valence-electron chi connectivity index (χ2n) is 5.11. The highest BCUT2D eigenvalue weighted by atomic mass is 16.5. The molecule has 0 saturated carbocycles. The molecule has 0 radical (unpaired) electrons. The van der Waals surface area contributed by atoms with Crippen LogP contribution in [0.4, 0.5) is 0 Å². The Hall–Kier alpha value is -1.26. The van der Waals surface area contributed by atoms with Gasteiger partial charge in [-0.1, -0.05) is 0 Å². The Bertz CT molecular complexity index is 441. The molecule has 1 saturated heterocycles. The van der Waals surface area contributed by atoms with E-state index in [0.29, 0.717) is 0 Å². The lowest BCUT2D eigenvalue weighted by Crippen LogP contribution is -2.47. The summed E-state index contributed by atoms with van der Waals surface area (Å²) in [5, 5.41) is 0. The van der Waals surface area contributed by atoms with Gasteiger partial charge in [0.2, 0.25) is 0 Å². The maximum absolute atomic E-state index is 6.30. The molecule has 0 aliphatic carbocycles. The summed E-state index contributed by atoms with van der Waals surface area (Å²) in [5.41, 5.74) is 7.22. The average Bonchev–Trinajstić information content (AvgIpc) is 2.39. The Morgan fingerprint density at radius 3 is 2.83 bits per heavy atom. The Balaban J connectivity index is 1.92. The fraction of sp³-hybridized carbons (Fsp3) is 0.571. The van der Waals surface area contributed by atoms with Gasteiger partial charge >= 0.3 is 0 Å². The lowest BCUT2D eigenvalue weighted by molar-refractivity contribution is -0.0621. The molecule has 18 heavy (non-hydrogen) atoms. The molecule has 0 amide bonds. The number of ether oxygens (including phenoxy) is 3. The van der Waals surface area contributed by atoms with E-state index in [-0.39, 0.29) is 11.6 Å². The molecule has 2 aliphatic rings. The van der Waals surface area contributed by atoms with Crippen LogP contribution in [0.5, 0.6) is 11.5 Å². The first kappa shape index (κ1) is 11.8. The lowest BCUT2D eigenvalue weighted by atomic mass is 9.82. The van der Waals surface area contributed by atoms with E-state index in [2.05, 4.69) is 0 Å². The topological polar surface area (TPSA) is 53.7 Å². The van der Waals surface area contributed by atoms with Crippen LogP contribution in [-0.2, 0) is 4.74 Å². The summed E-state index contributed by atoms with van der Waals surface area (Å²) < 4.78 is 16.9. The molecule has 1 fully saturated rings. The molecule has 98 valence electrons. The number of nitrogens with two attached hydrogens (primary N) is 1. The third kappa shape index (κ3) is 1.95. The molecule has 2 N–H and O–H groups in total. The quantitative estimate of drug-likeness (QED) is 0.827. The van der Waals surface area contributed by atoms with Gasteiger partial charge in [0.15, 0.2) is 0 Å². The first-order chi connectivity index (χ1) is 8.72. The number of methoxy groups -OCH3 is 1. The van der Waals surface area contributed by atoms with Gasteiger partial charge in [0.25, 0.3) is 0 Å². The first-order valence-electron chi connectivity index (χ1n) is 6.43. The van der Waals surface area contributed by atoms with E-state index in [1.165, 1.54) is 0 Å². The van der Waals surface area contributed by atoms with Crippen LogP contribution in [0.3, 0.4) is 0 Å². The zero-order valence-electron chi connectivity index (χ0n) is 10.6. The van der Waals surface area contributed by atoms with Crippen molar-refractivity contribution >= 4 is 0 Å². The second kappa shape index (κ2) is 4.44. The van der Waals surface area contributed by atoms with Gasteiger partial charge in [0.05, 0.1) is 20.3 Å². The maximum Gasteiger partial charge on any atom is 0.125 e. The third-order valence-electron chi connectivity index (χ3n) is 3.94. The van der Waals surface area contributed by atoms with Crippen molar-refractivity contribution in [1.82, 2.24) is 0 Å². The fourth-order valence-corrected chi connectivity index (χ4v) is 2.87. The van der Waals surface area contributed by atoms with Gasteiger partial charge in [-0.15, -0.1) is 0 Å². The Morgan fingerprint density at radius 1 is 1.33 bits per heavy atom. The monoisotopic (exact) mass is 249 g/mol. The maximum atomic E-state index is 6.30. The Morgan fingerprint density at radius 2 is 2.11 bits per heavy atom. The number of hydrogen-bond donors (Lipinski definition) is 1. The summed E-state index contributed by atoms with van der Waals surface area (Å²) in [6, 6.07) is 5.88. The summed E-state index contributed by atoms with van der Waals surface area (Å²) in [7, 11) is 1.66. The van der Waals surface area contributed by atoms with Crippen LogP contribution in [0.1, 0.15) is 30.9 Å². The highest BCUT2D eigenvalue weighted by Crippen LogP contribution is 2.43. The van der Waals surface area contributed by atoms with Crippen LogP contribution in [0.2, 0.25) is 0 Å². The van der Waals surface area contributed by atoms with Gasteiger partial charge in [-0.3, -0.25) is 0 Å². The van der Waals surface area contributed by atoms with Crippen LogP contribution in [0.15, 0.2) is 18.2 Å². The predicted molar refractivity (Wildman–Crippen MR) is 68.0 cm³/mol. The van der Waals surface area contributed by atoms with E-state index in [1.54, 1.807) is 7.11 Å². The highest BCUT2D eigenvalue weighted by molar-refractivity contribution is 5.44. The second-order valence-corrected chi connectivity index (χ2v) is 5.11. The van der Waals surface area contributed by atoms with Crippen molar-refractivity contribution < 1.29 is 14.2 Å². The van der Waals surface area contributed by atoms with Crippen LogP contribution in [0, 0.1) is 0 Å². The number of rotatable bonds is 1. The molecular formula is C14H19NO3. The summed E-state index contributed by atoms with van der Waals surface area (Å²) in [6.45, 7) is 1.52. The van der Waals surface area contributed by atoms with E-state index in [1.807, 2.05) is 18.2 Å². The molecule has 1 aromatic carbocycles. The highest BCUT2D eigenvalue weighted by Gasteiger charge is 2.41. The van der Waals surface area contributed by atoms with Crippen LogP contribution >= 0.6 is 0 Å². The minimum atomic E-state index is -0.126. The van der Waals surface area contributed by atoms with Crippen LogP contribution in [-0.4, -0.2) is 25.9 Å². The SMILES string of the molecule is COc1ccc2c(c1)C(N)CC1(CCOCC1)O2. The molecule has 0 aromatic heterocycles.